The van der Waals surface area contributed by atoms with Crippen LogP contribution in [0.25, 0.3) is 11.2 Å². The van der Waals surface area contributed by atoms with Gasteiger partial charge in [0.25, 0.3) is 0 Å². The van der Waals surface area contributed by atoms with Gasteiger partial charge in [-0.3, -0.25) is 4.79 Å². The number of rotatable bonds is 7. The minimum atomic E-state index is -0.237. The zero-order chi connectivity index (χ0) is 15.2. The summed E-state index contributed by atoms with van der Waals surface area (Å²) in [5.41, 5.74) is 1.46. The molecule has 2 rings (SSSR count). The molecule has 0 N–H and O–H groups in total. The lowest BCUT2D eigenvalue weighted by atomic mass is 10.4. The smallest absolute Gasteiger partial charge is 0.307 e. The number of aromatic nitrogens is 3. The first kappa shape index (κ1) is 15.6. The van der Waals surface area contributed by atoms with Crippen molar-refractivity contribution in [2.24, 2.45) is 0 Å². The highest BCUT2D eigenvalue weighted by Gasteiger charge is 2.14. The number of esters is 1. The second-order valence-electron chi connectivity index (χ2n) is 4.37. The third-order valence-corrected chi connectivity index (χ3v) is 3.21. The molecule has 0 amide bonds. The molecule has 2 aromatic heterocycles. The van der Waals surface area contributed by atoms with Crippen LogP contribution >= 0.6 is 11.6 Å². The van der Waals surface area contributed by atoms with Gasteiger partial charge in [-0.15, -0.1) is 11.6 Å². The molecule has 0 aliphatic carbocycles. The summed E-state index contributed by atoms with van der Waals surface area (Å²) < 4.78 is 12.0. The molecule has 0 radical (unpaired) electrons. The van der Waals surface area contributed by atoms with Crippen molar-refractivity contribution < 1.29 is 14.3 Å². The molecule has 21 heavy (non-hydrogen) atoms. The molecule has 0 aliphatic rings. The Bertz CT molecular complexity index is 627. The maximum atomic E-state index is 11.5. The monoisotopic (exact) mass is 311 g/mol. The van der Waals surface area contributed by atoms with Gasteiger partial charge in [0.05, 0.1) is 20.1 Å². The topological polar surface area (TPSA) is 66.2 Å². The molecule has 2 aromatic rings. The summed E-state index contributed by atoms with van der Waals surface area (Å²) in [7, 11) is 1.56. The number of pyridine rings is 1. The average molecular weight is 312 g/mol. The molecule has 114 valence electrons. The normalized spacial score (nSPS) is 10.8. The molecule has 7 heteroatoms. The van der Waals surface area contributed by atoms with Crippen LogP contribution in [0.1, 0.15) is 19.2 Å². The number of ether oxygens (including phenoxy) is 2. The maximum Gasteiger partial charge on any atom is 0.307 e. The molecule has 0 saturated heterocycles. The summed E-state index contributed by atoms with van der Waals surface area (Å²) in [5.74, 6) is 1.54. The van der Waals surface area contributed by atoms with E-state index >= 15 is 0 Å². The average Bonchev–Trinajstić information content (AvgIpc) is 2.82. The van der Waals surface area contributed by atoms with Gasteiger partial charge in [0, 0.05) is 24.9 Å². The van der Waals surface area contributed by atoms with Crippen LogP contribution in [0.3, 0.4) is 0 Å². The van der Waals surface area contributed by atoms with E-state index in [0.29, 0.717) is 37.0 Å². The van der Waals surface area contributed by atoms with Gasteiger partial charge in [-0.1, -0.05) is 0 Å². The van der Waals surface area contributed by atoms with Crippen LogP contribution in [0.5, 0.6) is 5.88 Å². The van der Waals surface area contributed by atoms with Crippen LogP contribution < -0.4 is 4.74 Å². The fourth-order valence-corrected chi connectivity index (χ4v) is 2.26. The minimum Gasteiger partial charge on any atom is -0.481 e. The van der Waals surface area contributed by atoms with Crippen LogP contribution in [0.2, 0.25) is 0 Å². The standard InChI is InChI=1S/C14H18ClN3O3/c1-3-21-13(19)7-9-18-11(6-8-15)16-10-4-5-12(20-2)17-14(10)18/h4-5H,3,6-9H2,1-2H3. The van der Waals surface area contributed by atoms with Crippen molar-refractivity contribution in [1.29, 1.82) is 0 Å². The number of alkyl halides is 1. The zero-order valence-electron chi connectivity index (χ0n) is 12.1. The van der Waals surface area contributed by atoms with Gasteiger partial charge in [0.15, 0.2) is 5.65 Å². The number of carbonyl (C=O) groups is 1. The molecule has 0 saturated carbocycles. The predicted molar refractivity (Wildman–Crippen MR) is 79.8 cm³/mol. The number of methoxy groups -OCH3 is 1. The van der Waals surface area contributed by atoms with Crippen LogP contribution in [0.4, 0.5) is 0 Å². The Balaban J connectivity index is 2.32. The van der Waals surface area contributed by atoms with Crippen LogP contribution in [-0.4, -0.2) is 40.1 Å². The second-order valence-corrected chi connectivity index (χ2v) is 4.75. The van der Waals surface area contributed by atoms with Gasteiger partial charge >= 0.3 is 5.97 Å². The van der Waals surface area contributed by atoms with E-state index in [4.69, 9.17) is 21.1 Å². The van der Waals surface area contributed by atoms with Gasteiger partial charge < -0.3 is 14.0 Å². The van der Waals surface area contributed by atoms with Crippen molar-refractivity contribution in [2.45, 2.75) is 26.3 Å². The SMILES string of the molecule is CCOC(=O)CCn1c(CCCl)nc2ccc(OC)nc21. The van der Waals surface area contributed by atoms with E-state index in [1.165, 1.54) is 0 Å². The molecule has 0 bridgehead atoms. The van der Waals surface area contributed by atoms with Crippen molar-refractivity contribution in [3.8, 4) is 5.88 Å². The van der Waals surface area contributed by atoms with E-state index in [1.807, 2.05) is 10.6 Å². The molecule has 6 nitrogen and oxygen atoms in total. The Hall–Kier alpha value is -1.82. The van der Waals surface area contributed by atoms with Crippen molar-refractivity contribution in [3.05, 3.63) is 18.0 Å². The molecular weight excluding hydrogens is 294 g/mol. The lowest BCUT2D eigenvalue weighted by Crippen LogP contribution is -2.12. The predicted octanol–water partition coefficient (Wildman–Crippen LogP) is 2.17. The van der Waals surface area contributed by atoms with Crippen molar-refractivity contribution in [2.75, 3.05) is 19.6 Å². The van der Waals surface area contributed by atoms with Crippen LogP contribution in [0, 0.1) is 0 Å². The number of hydrogen-bond acceptors (Lipinski definition) is 5. The largest absolute Gasteiger partial charge is 0.481 e. The van der Waals surface area contributed by atoms with E-state index < -0.39 is 0 Å². The van der Waals surface area contributed by atoms with Gasteiger partial charge in [-0.05, 0) is 13.0 Å². The Kier molecular flexibility index (Phi) is 5.38. The number of halogens is 1. The molecule has 0 aromatic carbocycles. The van der Waals surface area contributed by atoms with E-state index in [-0.39, 0.29) is 12.4 Å². The summed E-state index contributed by atoms with van der Waals surface area (Å²) >= 11 is 5.82. The minimum absolute atomic E-state index is 0.237. The Morgan fingerprint density at radius 2 is 2.19 bits per heavy atom. The Labute approximate surface area is 128 Å². The van der Waals surface area contributed by atoms with E-state index in [2.05, 4.69) is 9.97 Å². The van der Waals surface area contributed by atoms with Gasteiger partial charge in [-0.25, -0.2) is 4.98 Å². The van der Waals surface area contributed by atoms with E-state index in [0.717, 1.165) is 11.3 Å². The first-order valence-electron chi connectivity index (χ1n) is 6.81. The highest BCUT2D eigenvalue weighted by molar-refractivity contribution is 6.17. The number of nitrogens with zero attached hydrogens (tertiary/aromatic N) is 3. The first-order chi connectivity index (χ1) is 10.2. The number of aryl methyl sites for hydroxylation is 2. The van der Waals surface area contributed by atoms with E-state index in [9.17, 15) is 4.79 Å². The van der Waals surface area contributed by atoms with Crippen LogP contribution in [0.15, 0.2) is 12.1 Å². The lowest BCUT2D eigenvalue weighted by molar-refractivity contribution is -0.143. The Morgan fingerprint density at radius 3 is 2.86 bits per heavy atom. The highest BCUT2D eigenvalue weighted by Crippen LogP contribution is 2.19. The number of fused-ring (bicyclic) bond motifs is 1. The molecule has 0 unspecified atom stereocenters. The molecule has 0 atom stereocenters. The molecule has 2 heterocycles. The number of carbonyl (C=O) groups excluding carboxylic acids is 1. The van der Waals surface area contributed by atoms with Crippen LogP contribution in [-0.2, 0) is 22.5 Å². The maximum absolute atomic E-state index is 11.5. The number of hydrogen-bond donors (Lipinski definition) is 0. The second kappa shape index (κ2) is 7.26. The van der Waals surface area contributed by atoms with Crippen molar-refractivity contribution >= 4 is 28.7 Å². The summed E-state index contributed by atoms with van der Waals surface area (Å²) in [6, 6.07) is 3.61. The summed E-state index contributed by atoms with van der Waals surface area (Å²) in [5, 5.41) is 0. The highest BCUT2D eigenvalue weighted by atomic mass is 35.5. The Morgan fingerprint density at radius 1 is 1.38 bits per heavy atom. The summed E-state index contributed by atoms with van der Waals surface area (Å²) in [6.07, 6.45) is 0.885. The molecule has 0 spiro atoms. The molecular formula is C14H18ClN3O3. The van der Waals surface area contributed by atoms with Crippen molar-refractivity contribution in [3.63, 3.8) is 0 Å². The molecule has 0 fully saturated rings. The van der Waals surface area contributed by atoms with Gasteiger partial charge in [-0.2, -0.15) is 4.98 Å². The summed E-state index contributed by atoms with van der Waals surface area (Å²) in [6.45, 7) is 2.63. The third kappa shape index (κ3) is 3.64. The lowest BCUT2D eigenvalue weighted by Gasteiger charge is -2.08. The zero-order valence-corrected chi connectivity index (χ0v) is 12.9. The van der Waals surface area contributed by atoms with E-state index in [1.54, 1.807) is 20.1 Å². The quantitative estimate of drug-likeness (QED) is 0.579. The summed E-state index contributed by atoms with van der Waals surface area (Å²) in [4.78, 5) is 20.5. The third-order valence-electron chi connectivity index (χ3n) is 3.02. The van der Waals surface area contributed by atoms with Crippen molar-refractivity contribution in [1.82, 2.24) is 14.5 Å². The van der Waals surface area contributed by atoms with Gasteiger partial charge in [0.2, 0.25) is 5.88 Å². The van der Waals surface area contributed by atoms with Gasteiger partial charge in [0.1, 0.15) is 11.3 Å². The fourth-order valence-electron chi connectivity index (χ4n) is 2.09. The fraction of sp³-hybridized carbons (Fsp3) is 0.500. The first-order valence-corrected chi connectivity index (χ1v) is 7.34. The number of imidazole rings is 1. The molecule has 0 aliphatic heterocycles.